The lowest BCUT2D eigenvalue weighted by Crippen LogP contribution is -2.18. The first-order valence-electron chi connectivity index (χ1n) is 24.4. The van der Waals surface area contributed by atoms with E-state index in [1.54, 1.807) is 0 Å². The molecule has 2 aliphatic rings. The van der Waals surface area contributed by atoms with Crippen molar-refractivity contribution >= 4 is 76.2 Å². The largest absolute Gasteiger partial charge is 0.306 e. The first-order valence-corrected chi connectivity index (χ1v) is 24.4. The monoisotopic (exact) mass is 862 g/mol. The number of aromatic nitrogens is 4. The predicted molar refractivity (Wildman–Crippen MR) is 281 cm³/mol. The number of pyridine rings is 2. The van der Waals surface area contributed by atoms with Crippen LogP contribution in [0.1, 0.15) is 143 Å². The molecular weight excluding hydrogens is 801 g/mol. The van der Waals surface area contributed by atoms with Gasteiger partial charge in [0, 0.05) is 65.0 Å². The first-order chi connectivity index (χ1) is 31.0. The Morgan fingerprint density at radius 3 is 1.09 bits per heavy atom. The van der Waals surface area contributed by atoms with Crippen molar-refractivity contribution in [3.63, 3.8) is 0 Å². The molecule has 2 aliphatic carbocycles. The maximum absolute atomic E-state index is 5.51. The average Bonchev–Trinajstić information content (AvgIpc) is 4.03. The molecule has 4 heteroatoms. The minimum atomic E-state index is -0.0895. The molecule has 0 unspecified atom stereocenters. The number of fused-ring (bicyclic) bond motifs is 16. The fourth-order valence-electron chi connectivity index (χ4n) is 14.3. The van der Waals surface area contributed by atoms with Crippen LogP contribution in [0, 0.1) is 0 Å². The highest BCUT2D eigenvalue weighted by atomic mass is 15.0. The Kier molecular flexibility index (Phi) is 7.39. The van der Waals surface area contributed by atoms with Crippen LogP contribution in [0.3, 0.4) is 0 Å². The highest BCUT2D eigenvalue weighted by Crippen LogP contribution is 2.59. The van der Waals surface area contributed by atoms with Crippen molar-refractivity contribution in [2.75, 3.05) is 0 Å². The summed E-state index contributed by atoms with van der Waals surface area (Å²) in [7, 11) is 0. The van der Waals surface area contributed by atoms with Gasteiger partial charge in [0.25, 0.3) is 0 Å². The summed E-state index contributed by atoms with van der Waals surface area (Å²) in [4.78, 5) is 11.0. The average molecular weight is 863 g/mol. The van der Waals surface area contributed by atoms with Crippen molar-refractivity contribution in [1.82, 2.24) is 18.8 Å². The van der Waals surface area contributed by atoms with Crippen LogP contribution in [0.25, 0.3) is 98.4 Å². The van der Waals surface area contributed by atoms with Gasteiger partial charge in [-0.3, -0.25) is 9.97 Å². The third-order valence-electron chi connectivity index (χ3n) is 16.5. The van der Waals surface area contributed by atoms with Crippen LogP contribution in [-0.4, -0.2) is 18.8 Å². The lowest BCUT2D eigenvalue weighted by molar-refractivity contribution is 0.400. The Labute approximate surface area is 388 Å². The molecule has 13 rings (SSSR count). The van der Waals surface area contributed by atoms with Crippen LogP contribution in [0.5, 0.6) is 0 Å². The molecule has 0 bridgehead atoms. The molecule has 0 radical (unpaired) electrons. The zero-order valence-electron chi connectivity index (χ0n) is 41.4. The lowest BCUT2D eigenvalue weighted by atomic mass is 9.80. The molecule has 6 heterocycles. The number of rotatable bonds is 2. The first kappa shape index (κ1) is 40.3. The molecule has 0 fully saturated rings. The summed E-state index contributed by atoms with van der Waals surface area (Å²) in [5.74, 6) is 0. The summed E-state index contributed by atoms with van der Waals surface area (Å²) in [5.41, 5.74) is 20.3. The van der Waals surface area contributed by atoms with Crippen molar-refractivity contribution in [2.45, 2.75) is 142 Å². The summed E-state index contributed by atoms with van der Waals surface area (Å²) < 4.78 is 5.34. The second kappa shape index (κ2) is 12.1. The standard InChI is InChI=1S/C62H62N4/c1-57(2,3)35-25-37-45-41(29-63-55-49(45)59(7,8)31-61(55,11)12)65-51(37)39(27-35)47-43(33-21-17-15-18-22-33)54-48(44(53(47)65)34-23-19-16-20-24-34)40-28-36(58(4,5)6)26-38-46-42(66(54)52(38)40)30-64-56-50(46)60(9,10)32-62(56,13)14/h15-30H,31-32H2,1-14H3. The SMILES string of the molecule is CC(C)(C)c1cc2c3c4c(ncc3n3c5c(-c6ccccc6)c6c7cc(C(C)(C)C)cc8c9c%10c(ncc9n(c6c(-c6ccccc6)c5c(c1)c23)c87)C(C)(C)CC%10(C)C)C(C)(C)CC4(C)C. The van der Waals surface area contributed by atoms with E-state index in [1.807, 2.05) is 0 Å². The minimum absolute atomic E-state index is 0.0237. The fourth-order valence-corrected chi connectivity index (χ4v) is 14.3. The molecule has 6 aromatic heterocycles. The smallest absolute Gasteiger partial charge is 0.0728 e. The highest BCUT2D eigenvalue weighted by Gasteiger charge is 2.47. The molecule has 0 saturated heterocycles. The fraction of sp³-hybridized carbons (Fsp3) is 0.355. The quantitative estimate of drug-likeness (QED) is 0.174. The molecular formula is C62H62N4. The Bertz CT molecular complexity index is 3650. The van der Waals surface area contributed by atoms with Crippen LogP contribution >= 0.6 is 0 Å². The van der Waals surface area contributed by atoms with E-state index in [4.69, 9.17) is 9.97 Å². The summed E-state index contributed by atoms with van der Waals surface area (Å²) >= 11 is 0. The van der Waals surface area contributed by atoms with Crippen molar-refractivity contribution in [2.24, 2.45) is 0 Å². The van der Waals surface area contributed by atoms with E-state index >= 15 is 0 Å². The maximum Gasteiger partial charge on any atom is 0.0728 e. The van der Waals surface area contributed by atoms with Crippen LogP contribution in [0.15, 0.2) is 97.3 Å². The maximum atomic E-state index is 5.51. The van der Waals surface area contributed by atoms with Gasteiger partial charge in [0.1, 0.15) is 0 Å². The van der Waals surface area contributed by atoms with Gasteiger partial charge in [0.15, 0.2) is 0 Å². The molecule has 0 atom stereocenters. The molecule has 0 aliphatic heterocycles. The summed E-state index contributed by atoms with van der Waals surface area (Å²) in [6.45, 7) is 33.7. The highest BCUT2D eigenvalue weighted by molar-refractivity contribution is 6.38. The Morgan fingerprint density at radius 2 is 0.758 bits per heavy atom. The summed E-state index contributed by atoms with van der Waals surface area (Å²) in [6, 6.07) is 32.8. The second-order valence-corrected chi connectivity index (χ2v) is 25.3. The van der Waals surface area contributed by atoms with Crippen molar-refractivity contribution in [3.8, 4) is 22.3 Å². The molecule has 4 nitrogen and oxygen atoms in total. The summed E-state index contributed by atoms with van der Waals surface area (Å²) in [5, 5.41) is 10.7. The van der Waals surface area contributed by atoms with Gasteiger partial charge >= 0.3 is 0 Å². The number of hydrogen-bond donors (Lipinski definition) is 0. The normalized spacial score (nSPS) is 17.9. The summed E-state index contributed by atoms with van der Waals surface area (Å²) in [6.07, 6.45) is 6.61. The molecule has 66 heavy (non-hydrogen) atoms. The molecule has 0 spiro atoms. The van der Waals surface area contributed by atoms with Gasteiger partial charge in [-0.15, -0.1) is 0 Å². The van der Waals surface area contributed by atoms with Gasteiger partial charge in [-0.2, -0.15) is 0 Å². The Morgan fingerprint density at radius 1 is 0.424 bits per heavy atom. The topological polar surface area (TPSA) is 34.6 Å². The van der Waals surface area contributed by atoms with Crippen LogP contribution in [-0.2, 0) is 32.5 Å². The number of hydrogen-bond acceptors (Lipinski definition) is 2. The van der Waals surface area contributed by atoms with Gasteiger partial charge < -0.3 is 8.80 Å². The third-order valence-corrected chi connectivity index (χ3v) is 16.5. The second-order valence-electron chi connectivity index (χ2n) is 25.3. The zero-order chi connectivity index (χ0) is 46.2. The molecule has 0 amide bonds. The van der Waals surface area contributed by atoms with E-state index in [0.29, 0.717) is 0 Å². The van der Waals surface area contributed by atoms with E-state index in [1.165, 1.54) is 132 Å². The molecule has 0 N–H and O–H groups in total. The van der Waals surface area contributed by atoms with Crippen LogP contribution in [0.4, 0.5) is 0 Å². The van der Waals surface area contributed by atoms with Crippen LogP contribution < -0.4 is 0 Å². The van der Waals surface area contributed by atoms with Gasteiger partial charge in [-0.1, -0.05) is 158 Å². The number of benzene rings is 5. The van der Waals surface area contributed by atoms with E-state index in [2.05, 4.69) is 203 Å². The van der Waals surface area contributed by atoms with Gasteiger partial charge in [0.05, 0.1) is 56.9 Å². The molecule has 330 valence electrons. The number of nitrogens with zero attached hydrogens (tertiary/aromatic N) is 4. The van der Waals surface area contributed by atoms with Crippen molar-refractivity contribution in [3.05, 3.63) is 131 Å². The van der Waals surface area contributed by atoms with E-state index < -0.39 is 0 Å². The van der Waals surface area contributed by atoms with Gasteiger partial charge in [-0.05, 0) is 92.1 Å². The van der Waals surface area contributed by atoms with E-state index in [-0.39, 0.29) is 32.5 Å². The van der Waals surface area contributed by atoms with Crippen molar-refractivity contribution < 1.29 is 0 Å². The molecule has 0 saturated carbocycles. The molecule has 5 aromatic carbocycles. The van der Waals surface area contributed by atoms with Crippen LogP contribution in [0.2, 0.25) is 0 Å². The lowest BCUT2D eigenvalue weighted by Gasteiger charge is -2.23. The zero-order valence-corrected chi connectivity index (χ0v) is 41.4. The Hall–Kier alpha value is -6.00. The van der Waals surface area contributed by atoms with Crippen molar-refractivity contribution in [1.29, 1.82) is 0 Å². The van der Waals surface area contributed by atoms with Gasteiger partial charge in [-0.25, -0.2) is 0 Å². The Balaban J connectivity index is 1.39. The molecule has 11 aromatic rings. The van der Waals surface area contributed by atoms with Gasteiger partial charge in [0.2, 0.25) is 0 Å². The third kappa shape index (κ3) is 4.91. The van der Waals surface area contributed by atoms with E-state index in [0.717, 1.165) is 12.8 Å². The van der Waals surface area contributed by atoms with E-state index in [9.17, 15) is 0 Å². The predicted octanol–water partition coefficient (Wildman–Crippen LogP) is 16.6. The minimum Gasteiger partial charge on any atom is -0.306 e.